The first-order chi connectivity index (χ1) is 12.2. The van der Waals surface area contributed by atoms with E-state index < -0.39 is 5.54 Å². The van der Waals surface area contributed by atoms with Crippen molar-refractivity contribution in [3.8, 4) is 0 Å². The fraction of sp³-hybridized carbons (Fsp3) is 0.261. The molecule has 1 aliphatic carbocycles. The van der Waals surface area contributed by atoms with Crippen LogP contribution in [-0.4, -0.2) is 17.9 Å². The number of carbonyl (C=O) groups is 1. The van der Waals surface area contributed by atoms with Gasteiger partial charge in [0.2, 0.25) is 0 Å². The molecule has 0 fully saturated rings. The van der Waals surface area contributed by atoms with Crippen molar-refractivity contribution in [2.75, 3.05) is 6.54 Å². The Labute approximate surface area is 148 Å². The lowest BCUT2D eigenvalue weighted by Gasteiger charge is -2.35. The number of carbonyl (C=O) groups excluding carboxylic acids is 1. The molecule has 25 heavy (non-hydrogen) atoms. The van der Waals surface area contributed by atoms with Crippen LogP contribution in [0.5, 0.6) is 0 Å². The molecule has 2 nitrogen and oxygen atoms in total. The Morgan fingerprint density at radius 3 is 2.56 bits per heavy atom. The number of Topliss-reactive ketones (excluding diaryl/α,β-unsaturated/α-hetero) is 1. The van der Waals surface area contributed by atoms with Crippen LogP contribution in [-0.2, 0) is 12.8 Å². The van der Waals surface area contributed by atoms with Gasteiger partial charge in [0.05, 0.1) is 5.54 Å². The van der Waals surface area contributed by atoms with E-state index in [1.807, 2.05) is 12.1 Å². The van der Waals surface area contributed by atoms with Gasteiger partial charge in [0, 0.05) is 12.1 Å². The second-order valence-electron chi connectivity index (χ2n) is 7.14. The highest BCUT2D eigenvalue weighted by Gasteiger charge is 2.38. The second-order valence-corrected chi connectivity index (χ2v) is 7.14. The van der Waals surface area contributed by atoms with Crippen molar-refractivity contribution in [2.24, 2.45) is 0 Å². The number of hydrogen-bond acceptors (Lipinski definition) is 2. The van der Waals surface area contributed by atoms with Crippen LogP contribution in [0.1, 0.15) is 34.8 Å². The van der Waals surface area contributed by atoms with Gasteiger partial charge in [-0.2, -0.15) is 0 Å². The highest BCUT2D eigenvalue weighted by atomic mass is 16.1. The molecule has 1 aliphatic rings. The average Bonchev–Trinajstić information content (AvgIpc) is 2.65. The fourth-order valence-electron chi connectivity index (χ4n) is 3.90. The normalized spacial score (nSPS) is 19.8. The van der Waals surface area contributed by atoms with Crippen molar-refractivity contribution in [2.45, 2.75) is 31.7 Å². The summed E-state index contributed by atoms with van der Waals surface area (Å²) in [5.41, 5.74) is 2.93. The SMILES string of the molecule is CC1(NCCc2ccccc2)CCc2c(ccc3ccccc23)C1=O. The summed E-state index contributed by atoms with van der Waals surface area (Å²) in [5.74, 6) is 0.229. The first-order valence-corrected chi connectivity index (χ1v) is 9.02. The van der Waals surface area contributed by atoms with Crippen LogP contribution in [0.3, 0.4) is 0 Å². The number of aryl methyl sites for hydroxylation is 1. The van der Waals surface area contributed by atoms with E-state index in [1.54, 1.807) is 0 Å². The molecule has 0 heterocycles. The highest BCUT2D eigenvalue weighted by Crippen LogP contribution is 2.33. The van der Waals surface area contributed by atoms with E-state index in [0.29, 0.717) is 0 Å². The van der Waals surface area contributed by atoms with Gasteiger partial charge in [0.1, 0.15) is 0 Å². The van der Waals surface area contributed by atoms with Gasteiger partial charge in [-0.05, 0) is 48.1 Å². The largest absolute Gasteiger partial charge is 0.305 e. The molecule has 0 saturated heterocycles. The van der Waals surface area contributed by atoms with E-state index in [0.717, 1.165) is 31.4 Å². The quantitative estimate of drug-likeness (QED) is 0.760. The zero-order chi connectivity index (χ0) is 17.3. The summed E-state index contributed by atoms with van der Waals surface area (Å²) >= 11 is 0. The summed E-state index contributed by atoms with van der Waals surface area (Å²) in [6.07, 6.45) is 2.73. The molecular weight excluding hydrogens is 306 g/mol. The van der Waals surface area contributed by atoms with Gasteiger partial charge >= 0.3 is 0 Å². The van der Waals surface area contributed by atoms with E-state index in [4.69, 9.17) is 0 Å². The Bertz CT molecular complexity index is 916. The molecule has 1 unspecified atom stereocenters. The number of ketones is 1. The van der Waals surface area contributed by atoms with Crippen LogP contribution in [0.15, 0.2) is 66.7 Å². The number of benzene rings is 3. The maximum absolute atomic E-state index is 13.2. The topological polar surface area (TPSA) is 29.1 Å². The summed E-state index contributed by atoms with van der Waals surface area (Å²) < 4.78 is 0. The summed E-state index contributed by atoms with van der Waals surface area (Å²) in [6, 6.07) is 22.9. The molecule has 0 radical (unpaired) electrons. The molecule has 0 aliphatic heterocycles. The summed E-state index contributed by atoms with van der Waals surface area (Å²) in [7, 11) is 0. The van der Waals surface area contributed by atoms with E-state index >= 15 is 0 Å². The molecule has 1 N–H and O–H groups in total. The standard InChI is InChI=1S/C23H23NO/c1-23(24-16-14-17-7-3-2-4-8-17)15-13-20-19-10-6-5-9-18(19)11-12-21(20)22(23)25/h2-12,24H,13-16H2,1H3. The molecule has 3 aromatic rings. The minimum absolute atomic E-state index is 0.229. The van der Waals surface area contributed by atoms with Crippen molar-refractivity contribution in [1.82, 2.24) is 5.32 Å². The lowest BCUT2D eigenvalue weighted by molar-refractivity contribution is 0.0843. The molecule has 0 saturated carbocycles. The zero-order valence-electron chi connectivity index (χ0n) is 14.6. The number of rotatable bonds is 4. The molecular formula is C23H23NO. The third kappa shape index (κ3) is 2.98. The van der Waals surface area contributed by atoms with Gasteiger partial charge in [0.25, 0.3) is 0 Å². The van der Waals surface area contributed by atoms with Gasteiger partial charge in [0.15, 0.2) is 5.78 Å². The number of nitrogens with one attached hydrogen (secondary N) is 1. The maximum atomic E-state index is 13.2. The summed E-state index contributed by atoms with van der Waals surface area (Å²) in [4.78, 5) is 13.2. The molecule has 126 valence electrons. The van der Waals surface area contributed by atoms with Gasteiger partial charge in [-0.15, -0.1) is 0 Å². The van der Waals surface area contributed by atoms with Crippen LogP contribution >= 0.6 is 0 Å². The maximum Gasteiger partial charge on any atom is 0.182 e. The van der Waals surface area contributed by atoms with Gasteiger partial charge < -0.3 is 5.32 Å². The van der Waals surface area contributed by atoms with Crippen LogP contribution in [0.2, 0.25) is 0 Å². The van der Waals surface area contributed by atoms with Crippen molar-refractivity contribution in [1.29, 1.82) is 0 Å². The average molecular weight is 329 g/mol. The van der Waals surface area contributed by atoms with Crippen molar-refractivity contribution < 1.29 is 4.79 Å². The summed E-state index contributed by atoms with van der Waals surface area (Å²) in [5, 5.41) is 5.97. The minimum Gasteiger partial charge on any atom is -0.305 e. The van der Waals surface area contributed by atoms with Crippen LogP contribution in [0.4, 0.5) is 0 Å². The Kier molecular flexibility index (Phi) is 4.14. The molecule has 4 rings (SSSR count). The first kappa shape index (κ1) is 16.0. The fourth-order valence-corrected chi connectivity index (χ4v) is 3.90. The van der Waals surface area contributed by atoms with Crippen molar-refractivity contribution >= 4 is 16.6 Å². The Morgan fingerprint density at radius 1 is 0.960 bits per heavy atom. The molecule has 3 aromatic carbocycles. The Hall–Kier alpha value is -2.45. The third-order valence-electron chi connectivity index (χ3n) is 5.43. The second kappa shape index (κ2) is 6.45. The van der Waals surface area contributed by atoms with Gasteiger partial charge in [-0.25, -0.2) is 0 Å². The van der Waals surface area contributed by atoms with E-state index in [-0.39, 0.29) is 5.78 Å². The van der Waals surface area contributed by atoms with E-state index in [2.05, 4.69) is 66.8 Å². The van der Waals surface area contributed by atoms with Crippen molar-refractivity contribution in [3.63, 3.8) is 0 Å². The number of hydrogen-bond donors (Lipinski definition) is 1. The van der Waals surface area contributed by atoms with E-state index in [9.17, 15) is 4.79 Å². The molecule has 0 amide bonds. The molecule has 0 aromatic heterocycles. The highest BCUT2D eigenvalue weighted by molar-refractivity contribution is 6.08. The predicted molar refractivity (Wildman–Crippen MR) is 103 cm³/mol. The van der Waals surface area contributed by atoms with Gasteiger partial charge in [-0.1, -0.05) is 66.7 Å². The summed E-state index contributed by atoms with van der Waals surface area (Å²) in [6.45, 7) is 2.87. The smallest absolute Gasteiger partial charge is 0.182 e. The van der Waals surface area contributed by atoms with E-state index in [1.165, 1.54) is 21.9 Å². The third-order valence-corrected chi connectivity index (χ3v) is 5.43. The lowest BCUT2D eigenvalue weighted by Crippen LogP contribution is -2.52. The lowest BCUT2D eigenvalue weighted by atomic mass is 9.76. The molecule has 2 heteroatoms. The van der Waals surface area contributed by atoms with Crippen LogP contribution < -0.4 is 5.32 Å². The van der Waals surface area contributed by atoms with Crippen LogP contribution in [0.25, 0.3) is 10.8 Å². The first-order valence-electron chi connectivity index (χ1n) is 9.02. The monoisotopic (exact) mass is 329 g/mol. The zero-order valence-corrected chi connectivity index (χ0v) is 14.6. The van der Waals surface area contributed by atoms with Gasteiger partial charge in [-0.3, -0.25) is 4.79 Å². The van der Waals surface area contributed by atoms with Crippen molar-refractivity contribution in [3.05, 3.63) is 83.4 Å². The number of fused-ring (bicyclic) bond motifs is 3. The Balaban J connectivity index is 1.55. The minimum atomic E-state index is -0.468. The molecule has 1 atom stereocenters. The Morgan fingerprint density at radius 2 is 1.72 bits per heavy atom. The molecule has 0 bridgehead atoms. The van der Waals surface area contributed by atoms with Crippen LogP contribution in [0, 0.1) is 0 Å². The predicted octanol–water partition coefficient (Wildman–Crippen LogP) is 4.56. The molecule has 0 spiro atoms.